The molecule has 1 aliphatic heterocycles. The van der Waals surface area contributed by atoms with Crippen molar-refractivity contribution in [2.24, 2.45) is 0 Å². The highest BCUT2D eigenvalue weighted by molar-refractivity contribution is 5.91. The zero-order chi connectivity index (χ0) is 20.1. The zero-order valence-corrected chi connectivity index (χ0v) is 16.5. The Morgan fingerprint density at radius 1 is 0.897 bits per heavy atom. The first-order valence-corrected chi connectivity index (χ1v) is 10.3. The molecule has 0 spiro atoms. The van der Waals surface area contributed by atoms with E-state index in [9.17, 15) is 9.59 Å². The summed E-state index contributed by atoms with van der Waals surface area (Å²) in [6.07, 6.45) is 4.67. The van der Waals surface area contributed by atoms with Gasteiger partial charge in [0.25, 0.3) is 5.56 Å². The van der Waals surface area contributed by atoms with Gasteiger partial charge in [-0.25, -0.2) is 4.68 Å². The molecule has 0 radical (unpaired) electrons. The van der Waals surface area contributed by atoms with E-state index in [1.165, 1.54) is 17.5 Å². The van der Waals surface area contributed by atoms with Crippen LogP contribution in [-0.4, -0.2) is 28.8 Å². The summed E-state index contributed by atoms with van der Waals surface area (Å²) in [7, 11) is 0. The van der Waals surface area contributed by atoms with Gasteiger partial charge in [-0.15, -0.1) is 0 Å². The van der Waals surface area contributed by atoms with Gasteiger partial charge in [-0.2, -0.15) is 5.10 Å². The van der Waals surface area contributed by atoms with Crippen molar-refractivity contribution < 1.29 is 4.79 Å². The molecule has 1 amide bonds. The highest BCUT2D eigenvalue weighted by Crippen LogP contribution is 2.24. The lowest BCUT2D eigenvalue weighted by Gasteiger charge is -2.23. The quantitative estimate of drug-likeness (QED) is 0.727. The molecule has 0 atom stereocenters. The number of amides is 1. The number of fused-ring (bicyclic) bond motifs is 1. The van der Waals surface area contributed by atoms with Crippen LogP contribution in [0.3, 0.4) is 0 Å². The maximum atomic E-state index is 12.9. The molecule has 150 valence electrons. The van der Waals surface area contributed by atoms with Gasteiger partial charge in [-0.1, -0.05) is 61.4 Å². The van der Waals surface area contributed by atoms with Crippen molar-refractivity contribution >= 4 is 22.5 Å². The topological polar surface area (TPSA) is 67.2 Å². The Balaban J connectivity index is 1.61. The van der Waals surface area contributed by atoms with Crippen LogP contribution in [-0.2, 0) is 17.9 Å². The van der Waals surface area contributed by atoms with Gasteiger partial charge >= 0.3 is 0 Å². The fourth-order valence-electron chi connectivity index (χ4n) is 3.83. The average molecular weight is 390 g/mol. The first-order valence-electron chi connectivity index (χ1n) is 10.3. The number of hydrogen-bond donors (Lipinski definition) is 1. The van der Waals surface area contributed by atoms with Gasteiger partial charge in [0.05, 0.1) is 5.39 Å². The van der Waals surface area contributed by atoms with Crippen LogP contribution in [0.25, 0.3) is 10.8 Å². The second-order valence-corrected chi connectivity index (χ2v) is 7.50. The maximum Gasteiger partial charge on any atom is 0.275 e. The SMILES string of the molecule is O=C(Cn1nc(N2CCCCCC2)c2ccccc2c1=O)NCc1ccccc1. The third-order valence-electron chi connectivity index (χ3n) is 5.38. The molecule has 6 heteroatoms. The van der Waals surface area contributed by atoms with Gasteiger partial charge in [0.15, 0.2) is 5.82 Å². The number of anilines is 1. The second-order valence-electron chi connectivity index (χ2n) is 7.50. The minimum absolute atomic E-state index is 0.0860. The van der Waals surface area contributed by atoms with E-state index in [1.807, 2.05) is 54.6 Å². The van der Waals surface area contributed by atoms with E-state index in [4.69, 9.17) is 0 Å². The predicted octanol–water partition coefficient (Wildman–Crippen LogP) is 3.09. The molecular weight excluding hydrogens is 364 g/mol. The third-order valence-corrected chi connectivity index (χ3v) is 5.38. The lowest BCUT2D eigenvalue weighted by atomic mass is 10.1. The number of carbonyl (C=O) groups is 1. The normalized spacial score (nSPS) is 14.6. The smallest absolute Gasteiger partial charge is 0.275 e. The van der Waals surface area contributed by atoms with Crippen molar-refractivity contribution in [2.45, 2.75) is 38.8 Å². The molecule has 0 saturated carbocycles. The van der Waals surface area contributed by atoms with Crippen molar-refractivity contribution in [1.29, 1.82) is 0 Å². The van der Waals surface area contributed by atoms with Crippen molar-refractivity contribution in [3.63, 3.8) is 0 Å². The van der Waals surface area contributed by atoms with Crippen LogP contribution in [0, 0.1) is 0 Å². The molecule has 6 nitrogen and oxygen atoms in total. The maximum absolute atomic E-state index is 12.9. The molecule has 0 aliphatic carbocycles. The fraction of sp³-hybridized carbons (Fsp3) is 0.348. The van der Waals surface area contributed by atoms with Gasteiger partial charge in [0.1, 0.15) is 6.54 Å². The number of nitrogens with zero attached hydrogens (tertiary/aromatic N) is 3. The molecule has 0 bridgehead atoms. The van der Waals surface area contributed by atoms with E-state index in [0.717, 1.165) is 42.7 Å². The van der Waals surface area contributed by atoms with Crippen molar-refractivity contribution in [3.05, 3.63) is 70.5 Å². The summed E-state index contributed by atoms with van der Waals surface area (Å²) in [6, 6.07) is 17.3. The number of hydrogen-bond acceptors (Lipinski definition) is 4. The summed E-state index contributed by atoms with van der Waals surface area (Å²) >= 11 is 0. The van der Waals surface area contributed by atoms with Crippen molar-refractivity contribution in [3.8, 4) is 0 Å². The molecule has 0 unspecified atom stereocenters. The zero-order valence-electron chi connectivity index (χ0n) is 16.5. The Kier molecular flexibility index (Phi) is 5.89. The second kappa shape index (κ2) is 8.90. The van der Waals surface area contributed by atoms with Gasteiger partial charge < -0.3 is 10.2 Å². The van der Waals surface area contributed by atoms with Crippen LogP contribution in [0.4, 0.5) is 5.82 Å². The molecule has 1 fully saturated rings. The highest BCUT2D eigenvalue weighted by Gasteiger charge is 2.18. The Morgan fingerprint density at radius 3 is 2.28 bits per heavy atom. The summed E-state index contributed by atoms with van der Waals surface area (Å²) in [6.45, 7) is 2.20. The molecule has 1 N–H and O–H groups in total. The van der Waals surface area contributed by atoms with Crippen LogP contribution in [0.15, 0.2) is 59.4 Å². The molecule has 2 aromatic carbocycles. The highest BCUT2D eigenvalue weighted by atomic mass is 16.2. The van der Waals surface area contributed by atoms with Crippen LogP contribution in [0.2, 0.25) is 0 Å². The van der Waals surface area contributed by atoms with Crippen LogP contribution >= 0.6 is 0 Å². The Morgan fingerprint density at radius 2 is 1.55 bits per heavy atom. The number of aromatic nitrogens is 2. The molecule has 1 saturated heterocycles. The monoisotopic (exact) mass is 390 g/mol. The standard InChI is InChI=1S/C23H26N4O2/c28-21(24-16-18-10-4-3-5-11-18)17-27-23(29)20-13-7-6-12-19(20)22(25-27)26-14-8-1-2-9-15-26/h3-7,10-13H,1-2,8-9,14-17H2,(H,24,28). The largest absolute Gasteiger partial charge is 0.355 e. The lowest BCUT2D eigenvalue weighted by Crippen LogP contribution is -2.35. The van der Waals surface area contributed by atoms with Gasteiger partial charge in [-0.3, -0.25) is 9.59 Å². The van der Waals surface area contributed by atoms with E-state index < -0.39 is 0 Å². The average Bonchev–Trinajstić information content (AvgIpc) is 3.04. The first kappa shape index (κ1) is 19.2. The predicted molar refractivity (Wildman–Crippen MR) is 115 cm³/mol. The molecule has 2 heterocycles. The number of benzene rings is 2. The summed E-state index contributed by atoms with van der Waals surface area (Å²) in [5, 5.41) is 8.98. The first-order chi connectivity index (χ1) is 14.2. The minimum atomic E-state index is -0.228. The molecule has 29 heavy (non-hydrogen) atoms. The van der Waals surface area contributed by atoms with Crippen molar-refractivity contribution in [2.75, 3.05) is 18.0 Å². The Hall–Kier alpha value is -3.15. The van der Waals surface area contributed by atoms with Gasteiger partial charge in [0, 0.05) is 25.0 Å². The number of rotatable bonds is 5. The molecular formula is C23H26N4O2. The minimum Gasteiger partial charge on any atom is -0.355 e. The van der Waals surface area contributed by atoms with E-state index >= 15 is 0 Å². The molecule has 1 aromatic heterocycles. The van der Waals surface area contributed by atoms with E-state index in [0.29, 0.717) is 11.9 Å². The Labute approximate surface area is 170 Å². The summed E-state index contributed by atoms with van der Waals surface area (Å²) in [5.41, 5.74) is 0.791. The summed E-state index contributed by atoms with van der Waals surface area (Å²) in [4.78, 5) is 27.7. The van der Waals surface area contributed by atoms with Crippen LogP contribution in [0.1, 0.15) is 31.2 Å². The van der Waals surface area contributed by atoms with Crippen LogP contribution < -0.4 is 15.8 Å². The van der Waals surface area contributed by atoms with E-state index in [2.05, 4.69) is 15.3 Å². The van der Waals surface area contributed by atoms with Gasteiger partial charge in [-0.05, 0) is 24.5 Å². The number of nitrogens with one attached hydrogen (secondary N) is 1. The Bertz CT molecular complexity index is 1040. The summed E-state index contributed by atoms with van der Waals surface area (Å²) in [5.74, 6) is 0.582. The van der Waals surface area contributed by atoms with E-state index in [1.54, 1.807) is 0 Å². The lowest BCUT2D eigenvalue weighted by molar-refractivity contribution is -0.122. The third kappa shape index (κ3) is 4.47. The van der Waals surface area contributed by atoms with Crippen molar-refractivity contribution in [1.82, 2.24) is 15.1 Å². The summed E-state index contributed by atoms with van der Waals surface area (Å²) < 4.78 is 1.31. The molecule has 4 rings (SSSR count). The van der Waals surface area contributed by atoms with Gasteiger partial charge in [0.2, 0.25) is 5.91 Å². The fourth-order valence-corrected chi connectivity index (χ4v) is 3.83. The van der Waals surface area contributed by atoms with Crippen LogP contribution in [0.5, 0.6) is 0 Å². The molecule has 1 aliphatic rings. The molecule has 3 aromatic rings. The van der Waals surface area contributed by atoms with E-state index in [-0.39, 0.29) is 18.0 Å². The number of carbonyl (C=O) groups excluding carboxylic acids is 1.